The fourth-order valence-electron chi connectivity index (χ4n) is 2.88. The fraction of sp³-hybridized carbons (Fsp3) is 0.625. The maximum absolute atomic E-state index is 6.66. The predicted octanol–water partition coefficient (Wildman–Crippen LogP) is 4.06. The molecule has 1 aliphatic carbocycles. The minimum Gasteiger partial charge on any atom is -0.321 e. The van der Waals surface area contributed by atoms with Crippen LogP contribution in [-0.2, 0) is 5.54 Å². The molecule has 94 valence electrons. The molecule has 2 rings (SSSR count). The van der Waals surface area contributed by atoms with Crippen molar-refractivity contribution in [1.29, 1.82) is 0 Å². The van der Waals surface area contributed by atoms with Gasteiger partial charge in [0.05, 0.1) is 0 Å². The Morgan fingerprint density at radius 1 is 1.12 bits per heavy atom. The van der Waals surface area contributed by atoms with Crippen molar-refractivity contribution in [2.75, 3.05) is 0 Å². The quantitative estimate of drug-likeness (QED) is 0.725. The molecule has 0 saturated heterocycles. The molecule has 0 aromatic heterocycles. The van der Waals surface area contributed by atoms with E-state index in [0.717, 1.165) is 18.8 Å². The summed E-state index contributed by atoms with van der Waals surface area (Å²) in [5, 5.41) is 0. The zero-order valence-corrected chi connectivity index (χ0v) is 11.4. The van der Waals surface area contributed by atoms with Crippen LogP contribution in [0.1, 0.15) is 55.7 Å². The Labute approximate surface area is 105 Å². The van der Waals surface area contributed by atoms with Gasteiger partial charge >= 0.3 is 0 Å². The average Bonchev–Trinajstić information content (AvgIpc) is 2.46. The van der Waals surface area contributed by atoms with Crippen molar-refractivity contribution in [2.24, 2.45) is 11.7 Å². The van der Waals surface area contributed by atoms with Gasteiger partial charge < -0.3 is 5.73 Å². The summed E-state index contributed by atoms with van der Waals surface area (Å²) in [6.45, 7) is 6.70. The van der Waals surface area contributed by atoms with Gasteiger partial charge in [0.2, 0.25) is 0 Å². The van der Waals surface area contributed by atoms with Crippen LogP contribution >= 0.6 is 0 Å². The number of aryl methyl sites for hydroxylation is 2. The molecule has 1 aromatic carbocycles. The van der Waals surface area contributed by atoms with E-state index in [-0.39, 0.29) is 5.54 Å². The highest BCUT2D eigenvalue weighted by atomic mass is 14.7. The first-order valence-electron chi connectivity index (χ1n) is 6.88. The Hall–Kier alpha value is -0.820. The SMILES string of the molecule is Cc1ccc(C2(N)CCCC(C)CC2)cc1C. The third-order valence-corrected chi connectivity index (χ3v) is 4.48. The number of hydrogen-bond acceptors (Lipinski definition) is 1. The average molecular weight is 231 g/mol. The molecule has 0 spiro atoms. The molecule has 1 fully saturated rings. The lowest BCUT2D eigenvalue weighted by Crippen LogP contribution is -2.36. The molecule has 0 bridgehead atoms. The molecule has 2 unspecified atom stereocenters. The monoisotopic (exact) mass is 231 g/mol. The number of rotatable bonds is 1. The van der Waals surface area contributed by atoms with Crippen LogP contribution < -0.4 is 5.73 Å². The second-order valence-electron chi connectivity index (χ2n) is 5.99. The molecule has 17 heavy (non-hydrogen) atoms. The highest BCUT2D eigenvalue weighted by Crippen LogP contribution is 2.36. The van der Waals surface area contributed by atoms with E-state index >= 15 is 0 Å². The van der Waals surface area contributed by atoms with Crippen molar-refractivity contribution in [1.82, 2.24) is 0 Å². The Morgan fingerprint density at radius 3 is 2.59 bits per heavy atom. The summed E-state index contributed by atoms with van der Waals surface area (Å²) in [4.78, 5) is 0. The summed E-state index contributed by atoms with van der Waals surface area (Å²) < 4.78 is 0. The number of nitrogens with two attached hydrogens (primary N) is 1. The van der Waals surface area contributed by atoms with Crippen LogP contribution in [-0.4, -0.2) is 0 Å². The first kappa shape index (κ1) is 12.6. The van der Waals surface area contributed by atoms with Crippen LogP contribution in [0.25, 0.3) is 0 Å². The Kier molecular flexibility index (Phi) is 3.58. The van der Waals surface area contributed by atoms with E-state index in [2.05, 4.69) is 39.0 Å². The molecule has 1 aromatic rings. The number of hydrogen-bond donors (Lipinski definition) is 1. The van der Waals surface area contributed by atoms with E-state index in [0.29, 0.717) is 0 Å². The van der Waals surface area contributed by atoms with Crippen molar-refractivity contribution in [3.63, 3.8) is 0 Å². The van der Waals surface area contributed by atoms with Crippen LogP contribution in [0.3, 0.4) is 0 Å². The summed E-state index contributed by atoms with van der Waals surface area (Å²) in [5.74, 6) is 0.840. The standard InChI is InChI=1S/C16H25N/c1-12-5-4-9-16(17,10-8-12)15-7-6-13(2)14(3)11-15/h6-7,11-12H,4-5,8-10,17H2,1-3H3. The predicted molar refractivity (Wildman–Crippen MR) is 74.0 cm³/mol. The van der Waals surface area contributed by atoms with E-state index < -0.39 is 0 Å². The summed E-state index contributed by atoms with van der Waals surface area (Å²) >= 11 is 0. The topological polar surface area (TPSA) is 26.0 Å². The maximum atomic E-state index is 6.66. The van der Waals surface area contributed by atoms with Crippen LogP contribution in [0.4, 0.5) is 0 Å². The van der Waals surface area contributed by atoms with Gasteiger partial charge in [-0.2, -0.15) is 0 Å². The van der Waals surface area contributed by atoms with Gasteiger partial charge in [0, 0.05) is 5.54 Å². The first-order valence-corrected chi connectivity index (χ1v) is 6.88. The van der Waals surface area contributed by atoms with Crippen molar-refractivity contribution in [2.45, 2.75) is 58.4 Å². The minimum atomic E-state index is -0.0801. The van der Waals surface area contributed by atoms with Crippen LogP contribution in [0.2, 0.25) is 0 Å². The van der Waals surface area contributed by atoms with Gasteiger partial charge in [-0.05, 0) is 55.7 Å². The highest BCUT2D eigenvalue weighted by Gasteiger charge is 2.29. The maximum Gasteiger partial charge on any atom is 0.0409 e. The van der Waals surface area contributed by atoms with Gasteiger partial charge in [0.1, 0.15) is 0 Å². The summed E-state index contributed by atoms with van der Waals surface area (Å²) in [6.07, 6.45) is 6.15. The van der Waals surface area contributed by atoms with Gasteiger partial charge in [0.25, 0.3) is 0 Å². The normalized spacial score (nSPS) is 30.0. The van der Waals surface area contributed by atoms with E-state index in [1.165, 1.54) is 36.0 Å². The van der Waals surface area contributed by atoms with E-state index in [9.17, 15) is 0 Å². The Bertz CT molecular complexity index is 397. The summed E-state index contributed by atoms with van der Waals surface area (Å²) in [7, 11) is 0. The number of benzene rings is 1. The van der Waals surface area contributed by atoms with E-state index in [1.807, 2.05) is 0 Å². The third-order valence-electron chi connectivity index (χ3n) is 4.48. The van der Waals surface area contributed by atoms with Gasteiger partial charge in [-0.25, -0.2) is 0 Å². The molecule has 1 aliphatic rings. The smallest absolute Gasteiger partial charge is 0.0409 e. The van der Waals surface area contributed by atoms with Crippen molar-refractivity contribution >= 4 is 0 Å². The lowest BCUT2D eigenvalue weighted by molar-refractivity contribution is 0.378. The van der Waals surface area contributed by atoms with Gasteiger partial charge in [-0.1, -0.05) is 38.0 Å². The molecule has 0 aliphatic heterocycles. The highest BCUT2D eigenvalue weighted by molar-refractivity contribution is 5.34. The lowest BCUT2D eigenvalue weighted by Gasteiger charge is -2.29. The summed E-state index contributed by atoms with van der Waals surface area (Å²) in [6, 6.07) is 6.75. The third kappa shape index (κ3) is 2.71. The van der Waals surface area contributed by atoms with Gasteiger partial charge in [-0.15, -0.1) is 0 Å². The second kappa shape index (κ2) is 4.81. The van der Waals surface area contributed by atoms with Crippen LogP contribution in [0.15, 0.2) is 18.2 Å². The van der Waals surface area contributed by atoms with E-state index in [4.69, 9.17) is 5.73 Å². The summed E-state index contributed by atoms with van der Waals surface area (Å²) in [5.41, 5.74) is 10.6. The molecule has 0 radical (unpaired) electrons. The minimum absolute atomic E-state index is 0.0801. The molecule has 2 atom stereocenters. The Morgan fingerprint density at radius 2 is 1.88 bits per heavy atom. The molecule has 1 nitrogen and oxygen atoms in total. The van der Waals surface area contributed by atoms with E-state index in [1.54, 1.807) is 0 Å². The zero-order chi connectivity index (χ0) is 12.5. The molecule has 2 N–H and O–H groups in total. The molecule has 0 heterocycles. The lowest BCUT2D eigenvalue weighted by atomic mass is 9.82. The second-order valence-corrected chi connectivity index (χ2v) is 5.99. The fourth-order valence-corrected chi connectivity index (χ4v) is 2.88. The van der Waals surface area contributed by atoms with Crippen LogP contribution in [0.5, 0.6) is 0 Å². The van der Waals surface area contributed by atoms with Crippen LogP contribution in [0, 0.1) is 19.8 Å². The van der Waals surface area contributed by atoms with Crippen molar-refractivity contribution in [3.05, 3.63) is 34.9 Å². The molecule has 0 amide bonds. The molecular weight excluding hydrogens is 206 g/mol. The zero-order valence-electron chi connectivity index (χ0n) is 11.4. The largest absolute Gasteiger partial charge is 0.321 e. The first-order chi connectivity index (χ1) is 8.01. The van der Waals surface area contributed by atoms with Gasteiger partial charge in [-0.3, -0.25) is 0 Å². The molecule has 1 heteroatoms. The molecular formula is C16H25N. The van der Waals surface area contributed by atoms with Crippen molar-refractivity contribution in [3.8, 4) is 0 Å². The van der Waals surface area contributed by atoms with Gasteiger partial charge in [0.15, 0.2) is 0 Å². The van der Waals surface area contributed by atoms with Crippen molar-refractivity contribution < 1.29 is 0 Å². The molecule has 1 saturated carbocycles. The Balaban J connectivity index is 2.27.